The molecule has 138 valence electrons. The van der Waals surface area contributed by atoms with Gasteiger partial charge in [-0.3, -0.25) is 4.79 Å². The van der Waals surface area contributed by atoms with Gasteiger partial charge in [0.1, 0.15) is 5.75 Å². The molecule has 2 unspecified atom stereocenters. The number of ether oxygens (including phenoxy) is 1. The van der Waals surface area contributed by atoms with Gasteiger partial charge in [0, 0.05) is 12.6 Å². The molecule has 2 atom stereocenters. The van der Waals surface area contributed by atoms with Crippen molar-refractivity contribution in [3.63, 3.8) is 0 Å². The van der Waals surface area contributed by atoms with Gasteiger partial charge in [0.2, 0.25) is 0 Å². The van der Waals surface area contributed by atoms with E-state index in [1.807, 2.05) is 51.0 Å². The van der Waals surface area contributed by atoms with Crippen LogP contribution in [0.5, 0.6) is 5.75 Å². The lowest BCUT2D eigenvalue weighted by Crippen LogP contribution is -2.46. The van der Waals surface area contributed by atoms with Crippen LogP contribution in [0.1, 0.15) is 38.3 Å². The van der Waals surface area contributed by atoms with Gasteiger partial charge in [-0.05, 0) is 58.1 Å². The van der Waals surface area contributed by atoms with Crippen LogP contribution in [0.2, 0.25) is 0 Å². The highest BCUT2D eigenvalue weighted by molar-refractivity contribution is 6.00. The van der Waals surface area contributed by atoms with Crippen molar-refractivity contribution in [1.82, 2.24) is 4.90 Å². The first-order valence-electron chi connectivity index (χ1n) is 7.96. The van der Waals surface area contributed by atoms with Crippen LogP contribution >= 0.6 is 24.8 Å². The summed E-state index contributed by atoms with van der Waals surface area (Å²) in [5.74, 6) is 0.830. The third kappa shape index (κ3) is 5.24. The lowest BCUT2D eigenvalue weighted by Gasteiger charge is -2.35. The lowest BCUT2D eigenvalue weighted by atomic mass is 10.0. The van der Waals surface area contributed by atoms with E-state index in [2.05, 4.69) is 4.90 Å². The summed E-state index contributed by atoms with van der Waals surface area (Å²) < 4.78 is 5.84. The molecule has 0 aromatic heterocycles. The Morgan fingerprint density at radius 2 is 2.00 bits per heavy atom. The number of carbonyl (C=O) groups is 1. The minimum atomic E-state index is -0.381. The van der Waals surface area contributed by atoms with Gasteiger partial charge in [0.15, 0.2) is 6.10 Å². The Hall–Kier alpha value is -1.01. The molecule has 1 aromatic rings. The number of halogens is 2. The Balaban J connectivity index is 0.00000264. The normalized spacial score (nSPS) is 17.5. The number of nitrogens with zero attached hydrogens (tertiary/aromatic N) is 2. The van der Waals surface area contributed by atoms with Gasteiger partial charge in [0.05, 0.1) is 5.69 Å². The van der Waals surface area contributed by atoms with E-state index >= 15 is 0 Å². The molecule has 2 rings (SSSR count). The highest BCUT2D eigenvalue weighted by Gasteiger charge is 2.33. The molecule has 7 heteroatoms. The zero-order chi connectivity index (χ0) is 16.3. The molecule has 0 aliphatic carbocycles. The summed E-state index contributed by atoms with van der Waals surface area (Å²) in [6.45, 7) is 5.57. The molecule has 24 heavy (non-hydrogen) atoms. The van der Waals surface area contributed by atoms with Crippen molar-refractivity contribution in [3.8, 4) is 5.75 Å². The van der Waals surface area contributed by atoms with E-state index in [0.717, 1.165) is 30.0 Å². The molecule has 1 aliphatic rings. The lowest BCUT2D eigenvalue weighted by molar-refractivity contribution is -0.126. The van der Waals surface area contributed by atoms with Crippen molar-refractivity contribution in [2.75, 3.05) is 32.1 Å². The fourth-order valence-corrected chi connectivity index (χ4v) is 2.66. The zero-order valence-electron chi connectivity index (χ0n) is 14.8. The van der Waals surface area contributed by atoms with E-state index in [1.165, 1.54) is 0 Å². The van der Waals surface area contributed by atoms with Gasteiger partial charge >= 0.3 is 0 Å². The molecule has 5 nitrogen and oxygen atoms in total. The number of carbonyl (C=O) groups excluding carboxylic acids is 1. The average molecular weight is 378 g/mol. The minimum absolute atomic E-state index is 0. The maximum absolute atomic E-state index is 12.6. The summed E-state index contributed by atoms with van der Waals surface area (Å²) in [4.78, 5) is 16.6. The highest BCUT2D eigenvalue weighted by atomic mass is 35.5. The van der Waals surface area contributed by atoms with Crippen LogP contribution in [-0.2, 0) is 4.79 Å². The Morgan fingerprint density at radius 3 is 2.54 bits per heavy atom. The van der Waals surface area contributed by atoms with E-state index in [-0.39, 0.29) is 42.9 Å². The first kappa shape index (κ1) is 23.0. The van der Waals surface area contributed by atoms with E-state index in [9.17, 15) is 4.79 Å². The number of amides is 1. The summed E-state index contributed by atoms with van der Waals surface area (Å²) in [5, 5.41) is 0. The largest absolute Gasteiger partial charge is 0.478 e. The molecule has 0 bridgehead atoms. The summed E-state index contributed by atoms with van der Waals surface area (Å²) in [5.41, 5.74) is 7.84. The predicted molar refractivity (Wildman–Crippen MR) is 104 cm³/mol. The summed E-state index contributed by atoms with van der Waals surface area (Å²) >= 11 is 0. The summed E-state index contributed by atoms with van der Waals surface area (Å²) in [6, 6.07) is 5.83. The second kappa shape index (κ2) is 10.1. The molecule has 0 spiro atoms. The van der Waals surface area contributed by atoms with Crippen LogP contribution in [0, 0.1) is 0 Å². The highest BCUT2D eigenvalue weighted by Crippen LogP contribution is 2.36. The summed E-state index contributed by atoms with van der Waals surface area (Å²) in [7, 11) is 4.08. The molecular formula is C17H29Cl2N3O2. The average Bonchev–Trinajstić information content (AvgIpc) is 2.48. The molecule has 0 saturated carbocycles. The van der Waals surface area contributed by atoms with Gasteiger partial charge in [-0.15, -0.1) is 24.8 Å². The second-order valence-electron chi connectivity index (χ2n) is 6.18. The predicted octanol–water partition coefficient (Wildman–Crippen LogP) is 3.01. The number of benzene rings is 1. The Labute approximate surface area is 157 Å². The maximum atomic E-state index is 12.6. The Kier molecular flexibility index (Phi) is 9.66. The molecule has 1 aliphatic heterocycles. The van der Waals surface area contributed by atoms with Crippen molar-refractivity contribution in [1.29, 1.82) is 0 Å². The minimum Gasteiger partial charge on any atom is -0.478 e. The SMILES string of the molecule is CCC1Oc2ccc(C(C)N)cc2N(CCCN(C)C)C1=O.Cl.Cl. The van der Waals surface area contributed by atoms with E-state index in [1.54, 1.807) is 0 Å². The van der Waals surface area contributed by atoms with Gasteiger partial charge in [-0.1, -0.05) is 13.0 Å². The van der Waals surface area contributed by atoms with E-state index < -0.39 is 0 Å². The van der Waals surface area contributed by atoms with Crippen LogP contribution in [-0.4, -0.2) is 44.1 Å². The Morgan fingerprint density at radius 1 is 1.33 bits per heavy atom. The van der Waals surface area contributed by atoms with E-state index in [0.29, 0.717) is 13.0 Å². The molecule has 0 radical (unpaired) electrons. The van der Waals surface area contributed by atoms with Gasteiger partial charge < -0.3 is 20.3 Å². The number of nitrogens with two attached hydrogens (primary N) is 1. The number of hydrogen-bond donors (Lipinski definition) is 1. The molecule has 0 saturated heterocycles. The van der Waals surface area contributed by atoms with E-state index in [4.69, 9.17) is 10.5 Å². The number of rotatable bonds is 6. The first-order chi connectivity index (χ1) is 10.4. The Bertz CT molecular complexity index is 539. The molecule has 2 N–H and O–H groups in total. The van der Waals surface area contributed by atoms with Crippen LogP contribution in [0.15, 0.2) is 18.2 Å². The third-order valence-corrected chi connectivity index (χ3v) is 3.97. The van der Waals surface area contributed by atoms with Gasteiger partial charge in [0.25, 0.3) is 5.91 Å². The fraction of sp³-hybridized carbons (Fsp3) is 0.588. The van der Waals surface area contributed by atoms with Crippen molar-refractivity contribution in [2.24, 2.45) is 5.73 Å². The molecule has 1 amide bonds. The third-order valence-electron chi connectivity index (χ3n) is 3.97. The van der Waals surface area contributed by atoms with Crippen molar-refractivity contribution in [2.45, 2.75) is 38.8 Å². The van der Waals surface area contributed by atoms with Gasteiger partial charge in [-0.2, -0.15) is 0 Å². The topological polar surface area (TPSA) is 58.8 Å². The number of anilines is 1. The fourth-order valence-electron chi connectivity index (χ4n) is 2.66. The van der Waals surface area contributed by atoms with Crippen molar-refractivity contribution >= 4 is 36.4 Å². The maximum Gasteiger partial charge on any atom is 0.268 e. The zero-order valence-corrected chi connectivity index (χ0v) is 16.5. The van der Waals surface area contributed by atoms with Crippen LogP contribution in [0.25, 0.3) is 0 Å². The summed E-state index contributed by atoms with van der Waals surface area (Å²) in [6.07, 6.45) is 1.22. The molecule has 1 heterocycles. The van der Waals surface area contributed by atoms with Crippen molar-refractivity contribution in [3.05, 3.63) is 23.8 Å². The standard InChI is InChI=1S/C17H27N3O2.2ClH/c1-5-15-17(21)20(10-6-9-19(3)4)14-11-13(12(2)18)7-8-16(14)22-15;;/h7-8,11-12,15H,5-6,9-10,18H2,1-4H3;2*1H. The molecule has 0 fully saturated rings. The molecular weight excluding hydrogens is 349 g/mol. The smallest absolute Gasteiger partial charge is 0.268 e. The number of fused-ring (bicyclic) bond motifs is 1. The number of hydrogen-bond acceptors (Lipinski definition) is 4. The quantitative estimate of drug-likeness (QED) is 0.827. The monoisotopic (exact) mass is 377 g/mol. The van der Waals surface area contributed by atoms with Crippen LogP contribution in [0.3, 0.4) is 0 Å². The molecule has 1 aromatic carbocycles. The van der Waals surface area contributed by atoms with Gasteiger partial charge in [-0.25, -0.2) is 0 Å². The van der Waals surface area contributed by atoms with Crippen LogP contribution < -0.4 is 15.4 Å². The first-order valence-corrected chi connectivity index (χ1v) is 7.96. The van der Waals surface area contributed by atoms with Crippen molar-refractivity contribution < 1.29 is 9.53 Å². The second-order valence-corrected chi connectivity index (χ2v) is 6.18. The van der Waals surface area contributed by atoms with Crippen LogP contribution in [0.4, 0.5) is 5.69 Å².